The van der Waals surface area contributed by atoms with Crippen LogP contribution in [0.5, 0.6) is 11.5 Å². The fourth-order valence-electron chi connectivity index (χ4n) is 5.31. The molecule has 2 aliphatic heterocycles. The second-order valence-corrected chi connectivity index (χ2v) is 8.33. The molecule has 3 aliphatic rings. The quantitative estimate of drug-likeness (QED) is 0.852. The number of fused-ring (bicyclic) bond motifs is 2. The van der Waals surface area contributed by atoms with Crippen molar-refractivity contribution >= 4 is 0 Å². The Hall–Kier alpha value is -2.11. The van der Waals surface area contributed by atoms with E-state index in [1.54, 1.807) is 6.07 Å². The molecule has 1 N–H and O–H groups in total. The zero-order valence-electron chi connectivity index (χ0n) is 15.9. The molecule has 0 spiro atoms. The largest absolute Gasteiger partial charge is 0.454 e. The number of benzene rings is 2. The normalized spacial score (nSPS) is 29.5. The average Bonchev–Trinajstić information content (AvgIpc) is 3.17. The molecule has 0 aromatic heterocycles. The molecule has 2 aromatic rings. The number of hydrogen-bond donors (Lipinski definition) is 1. The van der Waals surface area contributed by atoms with E-state index in [1.807, 2.05) is 24.3 Å². The van der Waals surface area contributed by atoms with E-state index in [-0.39, 0.29) is 24.6 Å². The number of nitrogens with zero attached hydrogens (tertiary/aromatic N) is 1. The van der Waals surface area contributed by atoms with E-state index in [0.29, 0.717) is 12.1 Å². The Labute approximate surface area is 164 Å². The first-order valence-electron chi connectivity index (χ1n) is 10.2. The molecule has 0 amide bonds. The van der Waals surface area contributed by atoms with Gasteiger partial charge in [0.15, 0.2) is 11.5 Å². The standard InChI is InChI=1S/C23H26FNO3/c24-19-7-2-1-5-17(19)14-25-12-11-23(26)10-4-3-6-18(23)22(25)16-8-9-20-21(13-16)28-15-27-20/h1-2,5,7-9,13,18,22,26H,3-4,6,10-12,14-15H2/t18-,22-,23-/m0/s1. The van der Waals surface area contributed by atoms with E-state index in [2.05, 4.69) is 11.0 Å². The van der Waals surface area contributed by atoms with Crippen LogP contribution in [0, 0.1) is 11.7 Å². The summed E-state index contributed by atoms with van der Waals surface area (Å²) in [6.45, 7) is 1.54. The van der Waals surface area contributed by atoms with E-state index in [4.69, 9.17) is 9.47 Å². The van der Waals surface area contributed by atoms with Gasteiger partial charge in [0.25, 0.3) is 0 Å². The summed E-state index contributed by atoms with van der Waals surface area (Å²) in [5.74, 6) is 1.49. The molecule has 2 heterocycles. The summed E-state index contributed by atoms with van der Waals surface area (Å²) >= 11 is 0. The molecule has 1 aliphatic carbocycles. The lowest BCUT2D eigenvalue weighted by Crippen LogP contribution is -2.54. The molecule has 3 atom stereocenters. The van der Waals surface area contributed by atoms with Gasteiger partial charge in [-0.3, -0.25) is 4.90 Å². The van der Waals surface area contributed by atoms with E-state index in [9.17, 15) is 9.50 Å². The van der Waals surface area contributed by atoms with Crippen molar-refractivity contribution in [1.29, 1.82) is 0 Å². The Morgan fingerprint density at radius 1 is 1.07 bits per heavy atom. The van der Waals surface area contributed by atoms with Gasteiger partial charge in [0, 0.05) is 30.6 Å². The molecule has 148 valence electrons. The Morgan fingerprint density at radius 2 is 1.93 bits per heavy atom. The van der Waals surface area contributed by atoms with Crippen molar-refractivity contribution in [2.45, 2.75) is 50.3 Å². The summed E-state index contributed by atoms with van der Waals surface area (Å²) in [5.41, 5.74) is 1.19. The fraction of sp³-hybridized carbons (Fsp3) is 0.478. The number of rotatable bonds is 3. The molecule has 0 bridgehead atoms. The molecule has 4 nitrogen and oxygen atoms in total. The number of piperidine rings is 1. The first-order chi connectivity index (χ1) is 13.6. The van der Waals surface area contributed by atoms with Crippen LogP contribution in [0.25, 0.3) is 0 Å². The lowest BCUT2D eigenvalue weighted by molar-refractivity contribution is -0.126. The van der Waals surface area contributed by atoms with Crippen molar-refractivity contribution in [2.75, 3.05) is 13.3 Å². The lowest BCUT2D eigenvalue weighted by atomic mass is 9.66. The SMILES string of the molecule is O[C@]12CCCC[C@H]1[C@H](c1ccc3c(c1)OCO3)N(Cc1ccccc1F)CC2. The molecule has 2 aromatic carbocycles. The number of hydrogen-bond acceptors (Lipinski definition) is 4. The molecule has 5 heteroatoms. The van der Waals surface area contributed by atoms with Crippen LogP contribution in [0.4, 0.5) is 4.39 Å². The van der Waals surface area contributed by atoms with E-state index in [0.717, 1.165) is 55.7 Å². The predicted molar refractivity (Wildman–Crippen MR) is 104 cm³/mol. The Bertz CT molecular complexity index is 873. The first kappa shape index (κ1) is 18.0. The molecule has 1 saturated heterocycles. The summed E-state index contributed by atoms with van der Waals surface area (Å²) in [5, 5.41) is 11.4. The van der Waals surface area contributed by atoms with Crippen molar-refractivity contribution in [3.05, 3.63) is 59.4 Å². The van der Waals surface area contributed by atoms with Crippen LogP contribution in [-0.2, 0) is 6.54 Å². The zero-order chi connectivity index (χ0) is 19.1. The molecule has 5 rings (SSSR count). The van der Waals surface area contributed by atoms with Crippen LogP contribution in [0.1, 0.15) is 49.3 Å². The Morgan fingerprint density at radius 3 is 2.82 bits per heavy atom. The topological polar surface area (TPSA) is 41.9 Å². The maximum absolute atomic E-state index is 14.3. The number of likely N-dealkylation sites (tertiary alicyclic amines) is 1. The van der Waals surface area contributed by atoms with Crippen LogP contribution in [-0.4, -0.2) is 28.9 Å². The highest BCUT2D eigenvalue weighted by Crippen LogP contribution is 2.50. The number of halogens is 1. The van der Waals surface area contributed by atoms with Gasteiger partial charge in [0.2, 0.25) is 6.79 Å². The van der Waals surface area contributed by atoms with Crippen molar-refractivity contribution in [3.63, 3.8) is 0 Å². The maximum Gasteiger partial charge on any atom is 0.231 e. The zero-order valence-corrected chi connectivity index (χ0v) is 15.9. The van der Waals surface area contributed by atoms with Crippen LogP contribution < -0.4 is 9.47 Å². The van der Waals surface area contributed by atoms with Crippen LogP contribution in [0.3, 0.4) is 0 Å². The molecule has 1 saturated carbocycles. The van der Waals surface area contributed by atoms with E-state index in [1.165, 1.54) is 6.07 Å². The minimum atomic E-state index is -0.634. The van der Waals surface area contributed by atoms with Crippen LogP contribution >= 0.6 is 0 Å². The van der Waals surface area contributed by atoms with Crippen molar-refractivity contribution < 1.29 is 19.0 Å². The second kappa shape index (κ2) is 7.05. The van der Waals surface area contributed by atoms with Gasteiger partial charge >= 0.3 is 0 Å². The molecule has 0 radical (unpaired) electrons. The van der Waals surface area contributed by atoms with Crippen molar-refractivity contribution in [3.8, 4) is 11.5 Å². The third-order valence-electron chi connectivity index (χ3n) is 6.74. The van der Waals surface area contributed by atoms with Gasteiger partial charge in [-0.15, -0.1) is 0 Å². The highest BCUT2D eigenvalue weighted by atomic mass is 19.1. The second-order valence-electron chi connectivity index (χ2n) is 8.33. The van der Waals surface area contributed by atoms with Gasteiger partial charge in [-0.25, -0.2) is 4.39 Å². The lowest BCUT2D eigenvalue weighted by Gasteiger charge is -2.52. The fourth-order valence-corrected chi connectivity index (χ4v) is 5.31. The van der Waals surface area contributed by atoms with Crippen LogP contribution in [0.2, 0.25) is 0 Å². The molecular weight excluding hydrogens is 357 g/mol. The summed E-state index contributed by atoms with van der Waals surface area (Å²) < 4.78 is 25.4. The molecule has 0 unspecified atom stereocenters. The number of ether oxygens (including phenoxy) is 2. The first-order valence-corrected chi connectivity index (χ1v) is 10.2. The molecule has 2 fully saturated rings. The highest BCUT2D eigenvalue weighted by molar-refractivity contribution is 5.45. The van der Waals surface area contributed by atoms with Crippen molar-refractivity contribution in [2.24, 2.45) is 5.92 Å². The van der Waals surface area contributed by atoms with Gasteiger partial charge in [0.05, 0.1) is 5.60 Å². The molecular formula is C23H26FNO3. The minimum Gasteiger partial charge on any atom is -0.454 e. The van der Waals surface area contributed by atoms with Gasteiger partial charge in [-0.1, -0.05) is 37.1 Å². The van der Waals surface area contributed by atoms with Gasteiger partial charge < -0.3 is 14.6 Å². The molecule has 28 heavy (non-hydrogen) atoms. The summed E-state index contributed by atoms with van der Waals surface area (Å²) in [7, 11) is 0. The van der Waals surface area contributed by atoms with E-state index >= 15 is 0 Å². The van der Waals surface area contributed by atoms with Gasteiger partial charge in [-0.05, 0) is 43.0 Å². The minimum absolute atomic E-state index is 0.0353. The summed E-state index contributed by atoms with van der Waals surface area (Å²) in [6, 6.07) is 13.1. The van der Waals surface area contributed by atoms with Gasteiger partial charge in [0.1, 0.15) is 5.82 Å². The third-order valence-corrected chi connectivity index (χ3v) is 6.74. The van der Waals surface area contributed by atoms with Gasteiger partial charge in [-0.2, -0.15) is 0 Å². The Kier molecular flexibility index (Phi) is 4.52. The van der Waals surface area contributed by atoms with Crippen LogP contribution in [0.15, 0.2) is 42.5 Å². The summed E-state index contributed by atoms with van der Waals surface area (Å²) in [4.78, 5) is 2.33. The smallest absolute Gasteiger partial charge is 0.231 e. The summed E-state index contributed by atoms with van der Waals surface area (Å²) in [6.07, 6.45) is 4.79. The Balaban J connectivity index is 1.53. The monoisotopic (exact) mass is 383 g/mol. The third kappa shape index (κ3) is 3.07. The number of aliphatic hydroxyl groups is 1. The predicted octanol–water partition coefficient (Wildman–Crippen LogP) is 4.42. The maximum atomic E-state index is 14.3. The van der Waals surface area contributed by atoms with Crippen molar-refractivity contribution in [1.82, 2.24) is 4.90 Å². The average molecular weight is 383 g/mol. The highest BCUT2D eigenvalue weighted by Gasteiger charge is 2.49. The van der Waals surface area contributed by atoms with E-state index < -0.39 is 5.60 Å².